The van der Waals surface area contributed by atoms with E-state index in [0.29, 0.717) is 6.54 Å². The first-order valence-electron chi connectivity index (χ1n) is 9.25. The Kier molecular flexibility index (Phi) is 5.95. The summed E-state index contributed by atoms with van der Waals surface area (Å²) in [4.78, 5) is 21.5. The molecular formula is C21H22N4OS2. The van der Waals surface area contributed by atoms with E-state index in [2.05, 4.69) is 32.8 Å². The predicted molar refractivity (Wildman–Crippen MR) is 115 cm³/mol. The van der Waals surface area contributed by atoms with Crippen molar-refractivity contribution in [2.45, 2.75) is 18.9 Å². The Morgan fingerprint density at radius 3 is 2.68 bits per heavy atom. The third kappa shape index (κ3) is 4.38. The maximum atomic E-state index is 13.1. The Hall–Kier alpha value is -2.35. The van der Waals surface area contributed by atoms with Gasteiger partial charge in [-0.1, -0.05) is 12.1 Å². The zero-order valence-electron chi connectivity index (χ0n) is 15.7. The number of thiophene rings is 2. The SMILES string of the molecule is CN(CCc1ccncc1)CC(=O)N1N=C(c2cccs2)C[C@@H]1c1cccs1. The first-order chi connectivity index (χ1) is 13.7. The third-order valence-corrected chi connectivity index (χ3v) is 6.67. The number of hydrogen-bond acceptors (Lipinski definition) is 6. The van der Waals surface area contributed by atoms with Gasteiger partial charge in [0.1, 0.15) is 0 Å². The molecule has 0 saturated carbocycles. The summed E-state index contributed by atoms with van der Waals surface area (Å²) in [5, 5.41) is 10.5. The van der Waals surface area contributed by atoms with Crippen LogP contribution < -0.4 is 0 Å². The Balaban J connectivity index is 1.44. The highest BCUT2D eigenvalue weighted by molar-refractivity contribution is 7.12. The highest BCUT2D eigenvalue weighted by Crippen LogP contribution is 2.35. The lowest BCUT2D eigenvalue weighted by atomic mass is 10.1. The van der Waals surface area contributed by atoms with E-state index in [1.165, 1.54) is 10.4 Å². The molecular weight excluding hydrogens is 388 g/mol. The van der Waals surface area contributed by atoms with E-state index in [0.717, 1.165) is 30.0 Å². The normalized spacial score (nSPS) is 16.6. The highest BCUT2D eigenvalue weighted by atomic mass is 32.1. The number of hydrazone groups is 1. The summed E-state index contributed by atoms with van der Waals surface area (Å²) in [7, 11) is 1.99. The van der Waals surface area contributed by atoms with Crippen molar-refractivity contribution in [3.63, 3.8) is 0 Å². The van der Waals surface area contributed by atoms with Crippen molar-refractivity contribution >= 4 is 34.3 Å². The third-order valence-electron chi connectivity index (χ3n) is 4.78. The van der Waals surface area contributed by atoms with Gasteiger partial charge in [-0.25, -0.2) is 5.01 Å². The van der Waals surface area contributed by atoms with Crippen molar-refractivity contribution in [3.8, 4) is 0 Å². The smallest absolute Gasteiger partial charge is 0.257 e. The van der Waals surface area contributed by atoms with E-state index in [1.54, 1.807) is 40.1 Å². The largest absolute Gasteiger partial charge is 0.297 e. The fourth-order valence-electron chi connectivity index (χ4n) is 3.29. The molecule has 0 aromatic carbocycles. The molecule has 144 valence electrons. The molecule has 0 unspecified atom stereocenters. The zero-order chi connectivity index (χ0) is 19.3. The Labute approximate surface area is 173 Å². The van der Waals surface area contributed by atoms with Crippen LogP contribution in [0.5, 0.6) is 0 Å². The first-order valence-corrected chi connectivity index (χ1v) is 11.0. The minimum absolute atomic E-state index is 0.00167. The molecule has 4 heterocycles. The lowest BCUT2D eigenvalue weighted by Gasteiger charge is -2.24. The molecule has 0 saturated heterocycles. The standard InChI is InChI=1S/C21H22N4OS2/c1-24(11-8-16-6-9-22-10-7-16)15-21(26)25-18(20-5-3-13-28-20)14-17(23-25)19-4-2-12-27-19/h2-7,9-10,12-13,18H,8,11,14-15H2,1H3/t18-/m1/s1. The van der Waals surface area contributed by atoms with Crippen molar-refractivity contribution in [1.82, 2.24) is 14.9 Å². The zero-order valence-corrected chi connectivity index (χ0v) is 17.3. The van der Waals surface area contributed by atoms with Crippen LogP contribution in [0.4, 0.5) is 0 Å². The molecule has 4 rings (SSSR count). The number of likely N-dealkylation sites (N-methyl/N-ethyl adjacent to an activating group) is 1. The van der Waals surface area contributed by atoms with Crippen LogP contribution in [-0.2, 0) is 11.2 Å². The number of carbonyl (C=O) groups excluding carboxylic acids is 1. The van der Waals surface area contributed by atoms with Crippen LogP contribution in [0, 0.1) is 0 Å². The number of rotatable bonds is 7. The van der Waals surface area contributed by atoms with Gasteiger partial charge in [0.05, 0.1) is 23.2 Å². The molecule has 3 aromatic heterocycles. The molecule has 28 heavy (non-hydrogen) atoms. The van der Waals surface area contributed by atoms with E-state index in [4.69, 9.17) is 5.10 Å². The molecule has 0 fully saturated rings. The first kappa shape index (κ1) is 19.0. The number of aromatic nitrogens is 1. The van der Waals surface area contributed by atoms with Gasteiger partial charge in [0.2, 0.25) is 0 Å². The van der Waals surface area contributed by atoms with E-state index >= 15 is 0 Å². The average Bonchev–Trinajstić information content (AvgIpc) is 3.47. The van der Waals surface area contributed by atoms with Crippen LogP contribution in [0.15, 0.2) is 64.7 Å². The molecule has 5 nitrogen and oxygen atoms in total. The van der Waals surface area contributed by atoms with E-state index in [-0.39, 0.29) is 11.9 Å². The fourth-order valence-corrected chi connectivity index (χ4v) is 4.82. The summed E-state index contributed by atoms with van der Waals surface area (Å²) < 4.78 is 0. The van der Waals surface area contributed by atoms with Crippen LogP contribution >= 0.6 is 22.7 Å². The minimum atomic E-state index is -0.00167. The number of carbonyl (C=O) groups is 1. The quantitative estimate of drug-likeness (QED) is 0.590. The van der Waals surface area contributed by atoms with Crippen molar-refractivity contribution < 1.29 is 4.79 Å². The van der Waals surface area contributed by atoms with Crippen LogP contribution in [0.25, 0.3) is 0 Å². The summed E-state index contributed by atoms with van der Waals surface area (Å²) in [6.45, 7) is 1.17. The molecule has 0 bridgehead atoms. The molecule has 1 amide bonds. The number of nitrogens with zero attached hydrogens (tertiary/aromatic N) is 4. The number of pyridine rings is 1. The van der Waals surface area contributed by atoms with Crippen molar-refractivity contribution in [2.75, 3.05) is 20.1 Å². The van der Waals surface area contributed by atoms with Crippen LogP contribution in [-0.4, -0.2) is 46.6 Å². The summed E-state index contributed by atoms with van der Waals surface area (Å²) in [5.74, 6) is 0.0437. The van der Waals surface area contributed by atoms with Gasteiger partial charge in [0, 0.05) is 30.2 Å². The number of hydrogen-bond donors (Lipinski definition) is 0. The molecule has 1 atom stereocenters. The summed E-state index contributed by atoms with van der Waals surface area (Å²) in [6, 6.07) is 12.3. The second-order valence-corrected chi connectivity index (χ2v) is 8.77. The van der Waals surface area contributed by atoms with Gasteiger partial charge >= 0.3 is 0 Å². The molecule has 0 aliphatic carbocycles. The van der Waals surface area contributed by atoms with Crippen LogP contribution in [0.2, 0.25) is 0 Å². The van der Waals surface area contributed by atoms with Gasteiger partial charge in [-0.2, -0.15) is 5.10 Å². The van der Waals surface area contributed by atoms with Gasteiger partial charge in [0.25, 0.3) is 5.91 Å². The Morgan fingerprint density at radius 2 is 1.96 bits per heavy atom. The monoisotopic (exact) mass is 410 g/mol. The highest BCUT2D eigenvalue weighted by Gasteiger charge is 2.34. The number of amides is 1. The molecule has 7 heteroatoms. The van der Waals surface area contributed by atoms with Crippen LogP contribution in [0.3, 0.4) is 0 Å². The van der Waals surface area contributed by atoms with E-state index in [1.807, 2.05) is 31.3 Å². The maximum absolute atomic E-state index is 13.1. The van der Waals surface area contributed by atoms with Gasteiger partial charge in [-0.3, -0.25) is 14.7 Å². The summed E-state index contributed by atoms with van der Waals surface area (Å²) in [6.07, 6.45) is 5.27. The molecule has 1 aliphatic heterocycles. The second kappa shape index (κ2) is 8.77. The average molecular weight is 411 g/mol. The van der Waals surface area contributed by atoms with E-state index < -0.39 is 0 Å². The molecule has 1 aliphatic rings. The Bertz CT molecular complexity index is 923. The van der Waals surface area contributed by atoms with Gasteiger partial charge in [-0.15, -0.1) is 22.7 Å². The van der Waals surface area contributed by atoms with Crippen LogP contribution in [0.1, 0.15) is 27.8 Å². The molecule has 0 radical (unpaired) electrons. The van der Waals surface area contributed by atoms with Gasteiger partial charge in [0.15, 0.2) is 0 Å². The Morgan fingerprint density at radius 1 is 1.18 bits per heavy atom. The summed E-state index contributed by atoms with van der Waals surface area (Å²) >= 11 is 3.36. The lowest BCUT2D eigenvalue weighted by molar-refractivity contribution is -0.133. The maximum Gasteiger partial charge on any atom is 0.257 e. The van der Waals surface area contributed by atoms with E-state index in [9.17, 15) is 4.79 Å². The molecule has 3 aromatic rings. The molecule has 0 spiro atoms. The fraction of sp³-hybridized carbons (Fsp3) is 0.286. The second-order valence-electron chi connectivity index (χ2n) is 6.84. The lowest BCUT2D eigenvalue weighted by Crippen LogP contribution is -2.37. The predicted octanol–water partition coefficient (Wildman–Crippen LogP) is 4.06. The van der Waals surface area contributed by atoms with Gasteiger partial charge in [-0.05, 0) is 54.1 Å². The van der Waals surface area contributed by atoms with Crippen molar-refractivity contribution in [1.29, 1.82) is 0 Å². The minimum Gasteiger partial charge on any atom is -0.297 e. The topological polar surface area (TPSA) is 48.8 Å². The van der Waals surface area contributed by atoms with Crippen molar-refractivity contribution in [3.05, 3.63) is 74.9 Å². The molecule has 0 N–H and O–H groups in total. The van der Waals surface area contributed by atoms with Crippen molar-refractivity contribution in [2.24, 2.45) is 5.10 Å². The van der Waals surface area contributed by atoms with Gasteiger partial charge < -0.3 is 0 Å². The summed E-state index contributed by atoms with van der Waals surface area (Å²) in [5.41, 5.74) is 2.23.